The van der Waals surface area contributed by atoms with E-state index in [0.717, 1.165) is 60.2 Å². The maximum atomic E-state index is 13.7. The van der Waals surface area contributed by atoms with Crippen molar-refractivity contribution in [2.24, 2.45) is 0 Å². The number of hydrogen-bond acceptors (Lipinski definition) is 5. The number of ether oxygens (including phenoxy) is 1. The van der Waals surface area contributed by atoms with Gasteiger partial charge in [-0.2, -0.15) is 0 Å². The second-order valence-corrected chi connectivity index (χ2v) is 10.3. The predicted octanol–water partition coefficient (Wildman–Crippen LogP) is 5.14. The number of aromatic nitrogens is 1. The quantitative estimate of drug-likeness (QED) is 0.485. The Balaban J connectivity index is 1.59. The van der Waals surface area contributed by atoms with Crippen LogP contribution < -0.4 is 4.90 Å². The number of anilines is 1. The molecule has 0 unspecified atom stereocenters. The van der Waals surface area contributed by atoms with Gasteiger partial charge in [-0.25, -0.2) is 4.98 Å². The first-order valence-electron chi connectivity index (χ1n) is 11.9. The fraction of sp³-hybridized carbons (Fsp3) is 0.481. The van der Waals surface area contributed by atoms with Gasteiger partial charge in [0.15, 0.2) is 5.13 Å². The third-order valence-corrected chi connectivity index (χ3v) is 7.50. The molecule has 1 aliphatic heterocycles. The predicted molar refractivity (Wildman–Crippen MR) is 138 cm³/mol. The van der Waals surface area contributed by atoms with Gasteiger partial charge < -0.3 is 4.74 Å². The molecule has 2 heterocycles. The fourth-order valence-corrected chi connectivity index (χ4v) is 6.00. The molecule has 0 spiro atoms. The molecule has 0 saturated carbocycles. The number of fused-ring (bicyclic) bond motifs is 1. The largest absolute Gasteiger partial charge is 0.379 e. The van der Waals surface area contributed by atoms with Crippen LogP contribution in [0.4, 0.5) is 5.13 Å². The smallest absolute Gasteiger partial charge is 0.233 e. The second-order valence-electron chi connectivity index (χ2n) is 9.33. The van der Waals surface area contributed by atoms with Gasteiger partial charge in [0.2, 0.25) is 5.91 Å². The van der Waals surface area contributed by atoms with Crippen LogP contribution in [0.1, 0.15) is 39.8 Å². The summed E-state index contributed by atoms with van der Waals surface area (Å²) in [4.78, 5) is 23.0. The number of amides is 1. The summed E-state index contributed by atoms with van der Waals surface area (Å²) < 4.78 is 6.62. The van der Waals surface area contributed by atoms with Crippen molar-refractivity contribution in [2.45, 2.75) is 47.5 Å². The van der Waals surface area contributed by atoms with Gasteiger partial charge in [0, 0.05) is 26.2 Å². The summed E-state index contributed by atoms with van der Waals surface area (Å²) in [5, 5.41) is 0.813. The molecule has 33 heavy (non-hydrogen) atoms. The number of rotatable bonds is 7. The van der Waals surface area contributed by atoms with Gasteiger partial charge in [-0.15, -0.1) is 0 Å². The zero-order chi connectivity index (χ0) is 23.5. The molecule has 176 valence electrons. The number of hydrogen-bond donors (Lipinski definition) is 0. The van der Waals surface area contributed by atoms with E-state index in [0.29, 0.717) is 13.0 Å². The van der Waals surface area contributed by atoms with Crippen LogP contribution >= 0.6 is 11.3 Å². The molecule has 0 bridgehead atoms. The molecule has 6 heteroatoms. The van der Waals surface area contributed by atoms with E-state index in [9.17, 15) is 4.79 Å². The lowest BCUT2D eigenvalue weighted by atomic mass is 9.97. The van der Waals surface area contributed by atoms with Gasteiger partial charge >= 0.3 is 0 Å². The minimum atomic E-state index is 0.125. The Kier molecular flexibility index (Phi) is 7.47. The third-order valence-electron chi connectivity index (χ3n) is 6.48. The van der Waals surface area contributed by atoms with E-state index < -0.39 is 0 Å². The van der Waals surface area contributed by atoms with E-state index in [1.54, 1.807) is 11.3 Å². The highest BCUT2D eigenvalue weighted by Gasteiger charge is 2.22. The fourth-order valence-electron chi connectivity index (χ4n) is 4.81. The lowest BCUT2D eigenvalue weighted by molar-refractivity contribution is -0.118. The van der Waals surface area contributed by atoms with Crippen LogP contribution in [-0.4, -0.2) is 55.2 Å². The molecule has 2 aromatic carbocycles. The van der Waals surface area contributed by atoms with Gasteiger partial charge in [-0.1, -0.05) is 35.1 Å². The molecule has 1 saturated heterocycles. The van der Waals surface area contributed by atoms with Crippen LogP contribution in [0.15, 0.2) is 24.3 Å². The van der Waals surface area contributed by atoms with Crippen molar-refractivity contribution in [2.75, 3.05) is 44.3 Å². The first-order chi connectivity index (χ1) is 15.8. The SMILES string of the molecule is Cc1cc(C)c(CC(=O)N(CCCN2CCOCC2)c2nc3c(C)cc(C)cc3s2)c(C)c1. The van der Waals surface area contributed by atoms with Crippen molar-refractivity contribution in [3.05, 3.63) is 57.6 Å². The van der Waals surface area contributed by atoms with E-state index in [4.69, 9.17) is 9.72 Å². The van der Waals surface area contributed by atoms with Crippen molar-refractivity contribution in [1.82, 2.24) is 9.88 Å². The summed E-state index contributed by atoms with van der Waals surface area (Å²) >= 11 is 1.63. The maximum Gasteiger partial charge on any atom is 0.233 e. The Bertz CT molecular complexity index is 1120. The minimum Gasteiger partial charge on any atom is -0.379 e. The Morgan fingerprint density at radius 1 is 1.00 bits per heavy atom. The molecule has 1 fully saturated rings. The average Bonchev–Trinajstić information content (AvgIpc) is 3.18. The molecule has 0 N–H and O–H groups in total. The van der Waals surface area contributed by atoms with Crippen LogP contribution in [0.5, 0.6) is 0 Å². The number of aryl methyl sites for hydroxylation is 5. The third kappa shape index (κ3) is 5.62. The Labute approximate surface area is 201 Å². The monoisotopic (exact) mass is 465 g/mol. The van der Waals surface area contributed by atoms with Gasteiger partial charge in [-0.05, 0) is 74.9 Å². The zero-order valence-corrected chi connectivity index (χ0v) is 21.3. The number of carbonyl (C=O) groups is 1. The van der Waals surface area contributed by atoms with E-state index in [-0.39, 0.29) is 5.91 Å². The van der Waals surface area contributed by atoms with Gasteiger partial charge in [0.1, 0.15) is 0 Å². The summed E-state index contributed by atoms with van der Waals surface area (Å²) in [6.07, 6.45) is 1.33. The number of benzene rings is 2. The molecule has 3 aromatic rings. The standard InChI is InChI=1S/C27H35N3O2S/c1-18-13-20(3)23(21(4)14-18)17-25(31)30(8-6-7-29-9-11-32-12-10-29)27-28-26-22(5)15-19(2)16-24(26)33-27/h13-16H,6-12,17H2,1-5H3. The number of nitrogens with zero attached hydrogens (tertiary/aromatic N) is 3. The lowest BCUT2D eigenvalue weighted by Gasteiger charge is -2.28. The normalized spacial score (nSPS) is 14.7. The van der Waals surface area contributed by atoms with Crippen LogP contribution in [-0.2, 0) is 16.0 Å². The highest BCUT2D eigenvalue weighted by molar-refractivity contribution is 7.22. The van der Waals surface area contributed by atoms with E-state index in [1.165, 1.54) is 27.8 Å². The Hall–Kier alpha value is -2.28. The summed E-state index contributed by atoms with van der Waals surface area (Å²) in [5.41, 5.74) is 8.14. The lowest BCUT2D eigenvalue weighted by Crippen LogP contribution is -2.39. The van der Waals surface area contributed by atoms with Gasteiger partial charge in [0.05, 0.1) is 29.9 Å². The van der Waals surface area contributed by atoms with Crippen molar-refractivity contribution >= 4 is 32.6 Å². The Morgan fingerprint density at radius 3 is 2.33 bits per heavy atom. The zero-order valence-electron chi connectivity index (χ0n) is 20.5. The van der Waals surface area contributed by atoms with Crippen LogP contribution in [0.3, 0.4) is 0 Å². The van der Waals surface area contributed by atoms with Crippen molar-refractivity contribution < 1.29 is 9.53 Å². The highest BCUT2D eigenvalue weighted by Crippen LogP contribution is 2.32. The molecule has 0 radical (unpaired) electrons. The van der Waals surface area contributed by atoms with E-state index >= 15 is 0 Å². The van der Waals surface area contributed by atoms with Crippen LogP contribution in [0, 0.1) is 34.6 Å². The highest BCUT2D eigenvalue weighted by atomic mass is 32.1. The number of carbonyl (C=O) groups excluding carboxylic acids is 1. The number of morpholine rings is 1. The Morgan fingerprint density at radius 2 is 1.64 bits per heavy atom. The molecule has 1 aliphatic rings. The first-order valence-corrected chi connectivity index (χ1v) is 12.7. The van der Waals surface area contributed by atoms with Crippen molar-refractivity contribution in [3.63, 3.8) is 0 Å². The minimum absolute atomic E-state index is 0.125. The molecule has 0 aliphatic carbocycles. The molecule has 5 nitrogen and oxygen atoms in total. The summed E-state index contributed by atoms with van der Waals surface area (Å²) in [7, 11) is 0. The van der Waals surface area contributed by atoms with Crippen molar-refractivity contribution in [1.29, 1.82) is 0 Å². The maximum absolute atomic E-state index is 13.7. The topological polar surface area (TPSA) is 45.7 Å². The van der Waals surface area contributed by atoms with Crippen LogP contribution in [0.2, 0.25) is 0 Å². The first kappa shape index (κ1) is 23.9. The summed E-state index contributed by atoms with van der Waals surface area (Å²) in [6, 6.07) is 8.67. The van der Waals surface area contributed by atoms with Crippen LogP contribution in [0.25, 0.3) is 10.2 Å². The molecule has 4 rings (SSSR count). The number of thiazole rings is 1. The molecule has 1 amide bonds. The molecule has 1 aromatic heterocycles. The van der Waals surface area contributed by atoms with Gasteiger partial charge in [0.25, 0.3) is 0 Å². The van der Waals surface area contributed by atoms with E-state index in [1.807, 2.05) is 4.90 Å². The molecular formula is C27H35N3O2S. The summed E-state index contributed by atoms with van der Waals surface area (Å²) in [5.74, 6) is 0.125. The summed E-state index contributed by atoms with van der Waals surface area (Å²) in [6.45, 7) is 15.7. The van der Waals surface area contributed by atoms with Gasteiger partial charge in [-0.3, -0.25) is 14.6 Å². The average molecular weight is 466 g/mol. The van der Waals surface area contributed by atoms with Crippen molar-refractivity contribution in [3.8, 4) is 0 Å². The second kappa shape index (κ2) is 10.3. The molecule has 0 atom stereocenters. The molecular weight excluding hydrogens is 430 g/mol. The van der Waals surface area contributed by atoms with E-state index in [2.05, 4.69) is 63.8 Å².